The highest BCUT2D eigenvalue weighted by atomic mass is 79.9. The fourth-order valence-corrected chi connectivity index (χ4v) is 2.55. The Balaban J connectivity index is 2.21. The summed E-state index contributed by atoms with van der Waals surface area (Å²) >= 11 is 9.44. The zero-order chi connectivity index (χ0) is 14.5. The molecule has 2 rings (SSSR count). The van der Waals surface area contributed by atoms with Gasteiger partial charge >= 0.3 is 0 Å². The standard InChI is InChI=1S/C15H16BrClN2O/c1-20-12-4-2-3-10(7-12)8-15(19-18)11-5-6-14(17)13(16)9-11/h2-7,9,15,19H,8,18H2,1H3. The Hall–Kier alpha value is -1.07. The van der Waals surface area contributed by atoms with Crippen molar-refractivity contribution < 1.29 is 4.74 Å². The van der Waals surface area contributed by atoms with Gasteiger partial charge in [-0.05, 0) is 57.7 Å². The number of halogens is 2. The first-order valence-corrected chi connectivity index (χ1v) is 7.35. The summed E-state index contributed by atoms with van der Waals surface area (Å²) < 4.78 is 6.10. The quantitative estimate of drug-likeness (QED) is 0.632. The predicted molar refractivity (Wildman–Crippen MR) is 85.9 cm³/mol. The molecule has 0 fully saturated rings. The van der Waals surface area contributed by atoms with Crippen molar-refractivity contribution in [2.45, 2.75) is 12.5 Å². The summed E-state index contributed by atoms with van der Waals surface area (Å²) in [5.74, 6) is 6.52. The molecule has 3 nitrogen and oxygen atoms in total. The fourth-order valence-electron chi connectivity index (χ4n) is 2.04. The molecule has 0 amide bonds. The molecule has 0 bridgehead atoms. The second-order valence-electron chi connectivity index (χ2n) is 4.45. The molecular formula is C15H16BrClN2O. The molecule has 106 valence electrons. The van der Waals surface area contributed by atoms with Gasteiger partial charge in [-0.1, -0.05) is 29.8 Å². The van der Waals surface area contributed by atoms with E-state index < -0.39 is 0 Å². The molecule has 2 aromatic rings. The molecule has 0 aliphatic carbocycles. The Morgan fingerprint density at radius 1 is 1.30 bits per heavy atom. The highest BCUT2D eigenvalue weighted by molar-refractivity contribution is 9.10. The van der Waals surface area contributed by atoms with Crippen molar-refractivity contribution >= 4 is 27.5 Å². The number of hydrogen-bond donors (Lipinski definition) is 2. The second-order valence-corrected chi connectivity index (χ2v) is 5.71. The maximum Gasteiger partial charge on any atom is 0.119 e. The molecular weight excluding hydrogens is 340 g/mol. The van der Waals surface area contributed by atoms with Crippen molar-refractivity contribution in [3.63, 3.8) is 0 Å². The third-order valence-electron chi connectivity index (χ3n) is 3.12. The van der Waals surface area contributed by atoms with Crippen LogP contribution in [0.1, 0.15) is 17.2 Å². The monoisotopic (exact) mass is 354 g/mol. The van der Waals surface area contributed by atoms with Crippen LogP contribution in [-0.4, -0.2) is 7.11 Å². The summed E-state index contributed by atoms with van der Waals surface area (Å²) in [6, 6.07) is 13.8. The average molecular weight is 356 g/mol. The summed E-state index contributed by atoms with van der Waals surface area (Å²) in [5.41, 5.74) is 5.07. The van der Waals surface area contributed by atoms with Crippen LogP contribution < -0.4 is 16.0 Å². The Bertz CT molecular complexity index is 592. The van der Waals surface area contributed by atoms with Gasteiger partial charge in [0.25, 0.3) is 0 Å². The van der Waals surface area contributed by atoms with E-state index >= 15 is 0 Å². The maximum atomic E-state index is 6.01. The van der Waals surface area contributed by atoms with Gasteiger partial charge in [-0.15, -0.1) is 0 Å². The van der Waals surface area contributed by atoms with Crippen molar-refractivity contribution in [3.8, 4) is 5.75 Å². The van der Waals surface area contributed by atoms with Crippen molar-refractivity contribution in [2.24, 2.45) is 5.84 Å². The van der Waals surface area contributed by atoms with E-state index in [4.69, 9.17) is 22.2 Å². The zero-order valence-electron chi connectivity index (χ0n) is 11.1. The van der Waals surface area contributed by atoms with Gasteiger partial charge in [-0.2, -0.15) is 0 Å². The van der Waals surface area contributed by atoms with Crippen LogP contribution in [0.4, 0.5) is 0 Å². The maximum absolute atomic E-state index is 6.01. The van der Waals surface area contributed by atoms with Gasteiger partial charge in [-0.25, -0.2) is 0 Å². The van der Waals surface area contributed by atoms with Gasteiger partial charge in [0, 0.05) is 4.47 Å². The molecule has 0 aliphatic heterocycles. The van der Waals surface area contributed by atoms with Crippen LogP contribution in [0.25, 0.3) is 0 Å². The Morgan fingerprint density at radius 2 is 2.10 bits per heavy atom. The molecule has 0 saturated heterocycles. The normalized spacial score (nSPS) is 12.2. The third kappa shape index (κ3) is 3.73. The molecule has 3 N–H and O–H groups in total. The minimum absolute atomic E-state index is 0.00988. The lowest BCUT2D eigenvalue weighted by Crippen LogP contribution is -2.29. The van der Waals surface area contributed by atoms with Crippen LogP contribution in [-0.2, 0) is 6.42 Å². The molecule has 0 aliphatic rings. The van der Waals surface area contributed by atoms with Crippen molar-refractivity contribution in [1.82, 2.24) is 5.43 Å². The highest BCUT2D eigenvalue weighted by Crippen LogP contribution is 2.27. The van der Waals surface area contributed by atoms with E-state index in [1.807, 2.05) is 36.4 Å². The number of ether oxygens (including phenoxy) is 1. The molecule has 2 aromatic carbocycles. The highest BCUT2D eigenvalue weighted by Gasteiger charge is 2.12. The molecule has 0 saturated carbocycles. The Kier molecular flexibility index (Phi) is 5.43. The average Bonchev–Trinajstić information content (AvgIpc) is 2.48. The second kappa shape index (κ2) is 7.09. The van der Waals surface area contributed by atoms with Crippen LogP contribution >= 0.6 is 27.5 Å². The first-order chi connectivity index (χ1) is 9.63. The van der Waals surface area contributed by atoms with Crippen molar-refractivity contribution in [3.05, 3.63) is 63.1 Å². The van der Waals surface area contributed by atoms with E-state index in [0.29, 0.717) is 5.02 Å². The van der Waals surface area contributed by atoms with Gasteiger partial charge in [-0.3, -0.25) is 11.3 Å². The van der Waals surface area contributed by atoms with Crippen LogP contribution in [0, 0.1) is 0 Å². The first kappa shape index (κ1) is 15.3. The molecule has 0 spiro atoms. The van der Waals surface area contributed by atoms with E-state index in [1.54, 1.807) is 7.11 Å². The molecule has 1 unspecified atom stereocenters. The smallest absolute Gasteiger partial charge is 0.119 e. The van der Waals surface area contributed by atoms with E-state index in [1.165, 1.54) is 0 Å². The van der Waals surface area contributed by atoms with Gasteiger partial charge < -0.3 is 4.74 Å². The minimum atomic E-state index is 0.00988. The van der Waals surface area contributed by atoms with E-state index in [2.05, 4.69) is 27.4 Å². The minimum Gasteiger partial charge on any atom is -0.497 e. The summed E-state index contributed by atoms with van der Waals surface area (Å²) in [4.78, 5) is 0. The number of hydrogen-bond acceptors (Lipinski definition) is 3. The zero-order valence-corrected chi connectivity index (χ0v) is 13.4. The van der Waals surface area contributed by atoms with Crippen molar-refractivity contribution in [2.75, 3.05) is 7.11 Å². The fraction of sp³-hybridized carbons (Fsp3) is 0.200. The summed E-state index contributed by atoms with van der Waals surface area (Å²) in [6.45, 7) is 0. The van der Waals surface area contributed by atoms with E-state index in [0.717, 1.165) is 27.8 Å². The molecule has 0 radical (unpaired) electrons. The number of nitrogens with two attached hydrogens (primary N) is 1. The van der Waals surface area contributed by atoms with E-state index in [-0.39, 0.29) is 6.04 Å². The molecule has 0 heterocycles. The lowest BCUT2D eigenvalue weighted by atomic mass is 9.99. The molecule has 5 heteroatoms. The number of rotatable bonds is 5. The molecule has 1 atom stereocenters. The largest absolute Gasteiger partial charge is 0.497 e. The predicted octanol–water partition coefficient (Wildman–Crippen LogP) is 3.86. The number of methoxy groups -OCH3 is 1. The lowest BCUT2D eigenvalue weighted by molar-refractivity contribution is 0.414. The van der Waals surface area contributed by atoms with Crippen LogP contribution in [0.15, 0.2) is 46.9 Å². The third-order valence-corrected chi connectivity index (χ3v) is 4.34. The number of hydrazine groups is 1. The van der Waals surface area contributed by atoms with E-state index in [9.17, 15) is 0 Å². The lowest BCUT2D eigenvalue weighted by Gasteiger charge is -2.17. The van der Waals surface area contributed by atoms with Gasteiger partial charge in [0.05, 0.1) is 18.2 Å². The first-order valence-electron chi connectivity index (χ1n) is 6.18. The van der Waals surface area contributed by atoms with Crippen LogP contribution in [0.2, 0.25) is 5.02 Å². The van der Waals surface area contributed by atoms with Gasteiger partial charge in [0.15, 0.2) is 0 Å². The number of benzene rings is 2. The van der Waals surface area contributed by atoms with Crippen molar-refractivity contribution in [1.29, 1.82) is 0 Å². The number of nitrogens with one attached hydrogen (secondary N) is 1. The molecule has 0 aromatic heterocycles. The summed E-state index contributed by atoms with van der Waals surface area (Å²) in [7, 11) is 1.66. The van der Waals surface area contributed by atoms with Gasteiger partial charge in [0.1, 0.15) is 5.75 Å². The Morgan fingerprint density at radius 3 is 2.75 bits per heavy atom. The molecule has 20 heavy (non-hydrogen) atoms. The van der Waals surface area contributed by atoms with Crippen LogP contribution in [0.3, 0.4) is 0 Å². The topological polar surface area (TPSA) is 47.3 Å². The summed E-state index contributed by atoms with van der Waals surface area (Å²) in [6.07, 6.45) is 0.766. The van der Waals surface area contributed by atoms with Gasteiger partial charge in [0.2, 0.25) is 0 Å². The Labute approximate surface area is 132 Å². The van der Waals surface area contributed by atoms with Crippen LogP contribution in [0.5, 0.6) is 5.75 Å². The SMILES string of the molecule is COc1cccc(CC(NN)c2ccc(Cl)c(Br)c2)c1. The summed E-state index contributed by atoms with van der Waals surface area (Å²) in [5, 5.41) is 0.686.